The number of nitrogens with zero attached hydrogens (tertiary/aromatic N) is 3. The Labute approximate surface area is 195 Å². The van der Waals surface area contributed by atoms with Crippen molar-refractivity contribution in [3.8, 4) is 22.0 Å². The zero-order chi connectivity index (χ0) is 22.5. The lowest BCUT2D eigenvalue weighted by molar-refractivity contribution is 0.0952. The third-order valence-electron chi connectivity index (χ3n) is 6.48. The summed E-state index contributed by atoms with van der Waals surface area (Å²) in [4.78, 5) is 22.4. The van der Waals surface area contributed by atoms with Gasteiger partial charge in [0.2, 0.25) is 0 Å². The predicted molar refractivity (Wildman–Crippen MR) is 132 cm³/mol. The molecule has 0 aliphatic heterocycles. The van der Waals surface area contributed by atoms with Crippen molar-refractivity contribution in [1.29, 1.82) is 0 Å². The van der Waals surface area contributed by atoms with E-state index in [9.17, 15) is 4.79 Å². The average molecular weight is 451 g/mol. The lowest BCUT2D eigenvalue weighted by atomic mass is 9.95. The molecule has 170 valence electrons. The van der Waals surface area contributed by atoms with Gasteiger partial charge in [0.15, 0.2) is 0 Å². The number of hydrogen-bond acceptors (Lipinski definition) is 4. The van der Waals surface area contributed by atoms with E-state index in [1.165, 1.54) is 32.1 Å². The van der Waals surface area contributed by atoms with Crippen LogP contribution in [0.25, 0.3) is 22.0 Å². The van der Waals surface area contributed by atoms with Crippen molar-refractivity contribution in [2.75, 3.05) is 6.54 Å². The first-order valence-electron chi connectivity index (χ1n) is 12.0. The Kier molecular flexibility index (Phi) is 7.40. The smallest absolute Gasteiger partial charge is 0.253 e. The first-order chi connectivity index (χ1) is 15.6. The van der Waals surface area contributed by atoms with Crippen LogP contribution in [0, 0.1) is 6.92 Å². The van der Waals surface area contributed by atoms with Gasteiger partial charge in [-0.15, -0.1) is 11.3 Å². The predicted octanol–water partition coefficient (Wildman–Crippen LogP) is 6.58. The molecule has 1 amide bonds. The average Bonchev–Trinajstić information content (AvgIpc) is 3.45. The van der Waals surface area contributed by atoms with Crippen molar-refractivity contribution in [1.82, 2.24) is 19.9 Å². The molecule has 32 heavy (non-hydrogen) atoms. The molecule has 0 spiro atoms. The molecule has 5 nitrogen and oxygen atoms in total. The van der Waals surface area contributed by atoms with Crippen molar-refractivity contribution in [3.05, 3.63) is 46.7 Å². The van der Waals surface area contributed by atoms with E-state index in [2.05, 4.69) is 53.2 Å². The minimum absolute atomic E-state index is 0.0314. The fourth-order valence-corrected chi connectivity index (χ4v) is 5.47. The van der Waals surface area contributed by atoms with Gasteiger partial charge in [0, 0.05) is 41.1 Å². The van der Waals surface area contributed by atoms with Crippen LogP contribution in [0.3, 0.4) is 0 Å². The number of hydrogen-bond donors (Lipinski definition) is 1. The van der Waals surface area contributed by atoms with E-state index in [0.29, 0.717) is 6.04 Å². The molecule has 0 bridgehead atoms. The van der Waals surface area contributed by atoms with Crippen molar-refractivity contribution < 1.29 is 4.79 Å². The number of carbonyl (C=O) groups is 1. The summed E-state index contributed by atoms with van der Waals surface area (Å²) < 4.78 is 2.40. The maximum atomic E-state index is 13.0. The normalized spacial score (nSPS) is 14.6. The number of unbranched alkanes of at least 4 members (excludes halogenated alkanes) is 1. The standard InChI is InChI=1S/C26H34N4OS/c1-4-6-13-28-25(31)22-16-24(30(18(22)3)21-10-8-7-9-11-21)23-17-32-26(29-23)19-12-14-27-20(5-2)15-19/h12,14-17,21H,4-11,13H2,1-3H3,(H,28,31). The highest BCUT2D eigenvalue weighted by molar-refractivity contribution is 7.13. The third-order valence-corrected chi connectivity index (χ3v) is 7.38. The van der Waals surface area contributed by atoms with Gasteiger partial charge in [-0.05, 0) is 50.8 Å². The van der Waals surface area contributed by atoms with E-state index in [-0.39, 0.29) is 5.91 Å². The van der Waals surface area contributed by atoms with Gasteiger partial charge in [0.1, 0.15) is 5.01 Å². The fraction of sp³-hybridized carbons (Fsp3) is 0.500. The monoisotopic (exact) mass is 450 g/mol. The molecule has 0 atom stereocenters. The molecule has 1 aliphatic rings. The van der Waals surface area contributed by atoms with Gasteiger partial charge >= 0.3 is 0 Å². The van der Waals surface area contributed by atoms with E-state index in [1.54, 1.807) is 11.3 Å². The fourth-order valence-electron chi connectivity index (χ4n) is 4.66. The van der Waals surface area contributed by atoms with Crippen molar-refractivity contribution in [2.24, 2.45) is 0 Å². The van der Waals surface area contributed by atoms with Gasteiger partial charge in [-0.2, -0.15) is 0 Å². The molecule has 0 unspecified atom stereocenters. The second-order valence-electron chi connectivity index (χ2n) is 8.73. The quantitative estimate of drug-likeness (QED) is 0.394. The molecule has 1 N–H and O–H groups in total. The molecule has 3 aromatic rings. The van der Waals surface area contributed by atoms with Crippen LogP contribution in [0.1, 0.15) is 86.6 Å². The topological polar surface area (TPSA) is 59.8 Å². The second-order valence-corrected chi connectivity index (χ2v) is 9.59. The van der Waals surface area contributed by atoms with Gasteiger partial charge in [0.05, 0.1) is 17.0 Å². The highest BCUT2D eigenvalue weighted by Gasteiger charge is 2.26. The zero-order valence-corrected chi connectivity index (χ0v) is 20.3. The van der Waals surface area contributed by atoms with Crippen LogP contribution >= 0.6 is 11.3 Å². The van der Waals surface area contributed by atoms with Crippen molar-refractivity contribution in [2.45, 2.75) is 78.2 Å². The number of aromatic nitrogens is 3. The second kappa shape index (κ2) is 10.4. The molecule has 0 saturated heterocycles. The molecule has 4 rings (SSSR count). The summed E-state index contributed by atoms with van der Waals surface area (Å²) in [6.07, 6.45) is 11.0. The number of amides is 1. The number of aryl methyl sites for hydroxylation is 1. The lowest BCUT2D eigenvalue weighted by Crippen LogP contribution is -2.25. The Morgan fingerprint density at radius 1 is 1.22 bits per heavy atom. The highest BCUT2D eigenvalue weighted by atomic mass is 32.1. The molecular weight excluding hydrogens is 416 g/mol. The van der Waals surface area contributed by atoms with Gasteiger partial charge in [-0.1, -0.05) is 39.5 Å². The minimum atomic E-state index is 0.0314. The Balaban J connectivity index is 1.71. The maximum Gasteiger partial charge on any atom is 0.253 e. The number of rotatable bonds is 8. The number of pyridine rings is 1. The summed E-state index contributed by atoms with van der Waals surface area (Å²) in [6, 6.07) is 6.66. The lowest BCUT2D eigenvalue weighted by Gasteiger charge is -2.26. The number of thiazole rings is 1. The Morgan fingerprint density at radius 3 is 2.78 bits per heavy atom. The summed E-state index contributed by atoms with van der Waals surface area (Å²) in [5.74, 6) is 0.0314. The molecule has 1 saturated carbocycles. The molecule has 1 fully saturated rings. The Bertz CT molecular complexity index is 1060. The van der Waals surface area contributed by atoms with E-state index in [0.717, 1.165) is 64.7 Å². The van der Waals surface area contributed by atoms with Gasteiger partial charge in [-0.3, -0.25) is 9.78 Å². The van der Waals surface area contributed by atoms with E-state index < -0.39 is 0 Å². The summed E-state index contributed by atoms with van der Waals surface area (Å²) in [6.45, 7) is 7.07. The summed E-state index contributed by atoms with van der Waals surface area (Å²) >= 11 is 1.66. The maximum absolute atomic E-state index is 13.0. The molecule has 3 aromatic heterocycles. The van der Waals surface area contributed by atoms with Crippen LogP contribution in [0.4, 0.5) is 0 Å². The van der Waals surface area contributed by atoms with E-state index in [1.807, 2.05) is 12.3 Å². The van der Waals surface area contributed by atoms with Crippen molar-refractivity contribution in [3.63, 3.8) is 0 Å². The third kappa shape index (κ3) is 4.80. The molecule has 0 aromatic carbocycles. The first-order valence-corrected chi connectivity index (χ1v) is 12.9. The van der Waals surface area contributed by atoms with Crippen LogP contribution in [0.2, 0.25) is 0 Å². The highest BCUT2D eigenvalue weighted by Crippen LogP contribution is 2.37. The summed E-state index contributed by atoms with van der Waals surface area (Å²) in [5, 5.41) is 6.24. The first kappa shape index (κ1) is 22.7. The molecular formula is C26H34N4OS. The SMILES string of the molecule is CCCCNC(=O)c1cc(-c2csc(-c3ccnc(CC)c3)n2)n(C2CCCCC2)c1C. The molecule has 3 heterocycles. The minimum Gasteiger partial charge on any atom is -0.352 e. The van der Waals surface area contributed by atoms with Gasteiger partial charge < -0.3 is 9.88 Å². The van der Waals surface area contributed by atoms with Crippen LogP contribution < -0.4 is 5.32 Å². The van der Waals surface area contributed by atoms with E-state index in [4.69, 9.17) is 4.98 Å². The van der Waals surface area contributed by atoms with Crippen LogP contribution in [0.15, 0.2) is 29.8 Å². The largest absolute Gasteiger partial charge is 0.352 e. The van der Waals surface area contributed by atoms with Crippen LogP contribution in [-0.4, -0.2) is 27.0 Å². The molecule has 0 radical (unpaired) electrons. The van der Waals surface area contributed by atoms with Crippen molar-refractivity contribution >= 4 is 17.2 Å². The van der Waals surface area contributed by atoms with Crippen LogP contribution in [0.5, 0.6) is 0 Å². The number of carbonyl (C=O) groups excluding carboxylic acids is 1. The van der Waals surface area contributed by atoms with Gasteiger partial charge in [-0.25, -0.2) is 4.98 Å². The summed E-state index contributed by atoms with van der Waals surface area (Å²) in [7, 11) is 0. The summed E-state index contributed by atoms with van der Waals surface area (Å²) in [5.41, 5.74) is 6.06. The zero-order valence-electron chi connectivity index (χ0n) is 19.5. The number of nitrogens with one attached hydrogen (secondary N) is 1. The van der Waals surface area contributed by atoms with E-state index >= 15 is 0 Å². The molecule has 1 aliphatic carbocycles. The Hall–Kier alpha value is -2.47. The van der Waals surface area contributed by atoms with Crippen LogP contribution in [-0.2, 0) is 6.42 Å². The Morgan fingerprint density at radius 2 is 2.03 bits per heavy atom. The molecule has 6 heteroatoms. The van der Waals surface area contributed by atoms with Gasteiger partial charge in [0.25, 0.3) is 5.91 Å².